The first-order chi connectivity index (χ1) is 9.33. The Morgan fingerprint density at radius 1 is 1.00 bits per heavy atom. The maximum Gasteiger partial charge on any atom is 0.166 e. The van der Waals surface area contributed by atoms with Crippen LogP contribution in [0.15, 0.2) is 60.7 Å². The second-order valence-corrected chi connectivity index (χ2v) is 3.95. The van der Waals surface area contributed by atoms with Gasteiger partial charge in [0.2, 0.25) is 0 Å². The number of hydrogen-bond acceptors (Lipinski definition) is 2. The Hall–Kier alpha value is -2.55. The molecule has 2 aromatic carbocycles. The van der Waals surface area contributed by atoms with Crippen LogP contribution >= 0.6 is 0 Å². The number of carbonyl (C=O) groups excluding carboxylic acids is 1. The number of fused-ring (bicyclic) bond motifs is 1. The summed E-state index contributed by atoms with van der Waals surface area (Å²) in [7, 11) is 1.66. The number of methoxy groups -OCH3 is 1. The van der Waals surface area contributed by atoms with Crippen LogP contribution in [0, 0.1) is 0 Å². The van der Waals surface area contributed by atoms with E-state index >= 15 is 0 Å². The fourth-order valence-electron chi connectivity index (χ4n) is 1.72. The molecule has 19 heavy (non-hydrogen) atoms. The number of carbonyl (C=O) groups is 1. The number of rotatable bonds is 2. The molecule has 0 radical (unpaired) electrons. The molecule has 0 saturated carbocycles. The van der Waals surface area contributed by atoms with E-state index in [9.17, 15) is 4.79 Å². The van der Waals surface area contributed by atoms with Gasteiger partial charge in [0.25, 0.3) is 0 Å². The minimum Gasteiger partial charge on any atom is -0.497 e. The SMILES string of the molecule is COc1ccccc1.O=Cc1cc2ccccc2[nH]1. The molecule has 0 aliphatic rings. The predicted octanol–water partition coefficient (Wildman–Crippen LogP) is 3.68. The van der Waals surface area contributed by atoms with Crippen molar-refractivity contribution in [2.75, 3.05) is 7.11 Å². The van der Waals surface area contributed by atoms with E-state index in [0.717, 1.165) is 22.9 Å². The second kappa shape index (κ2) is 6.40. The summed E-state index contributed by atoms with van der Waals surface area (Å²) in [5.74, 6) is 0.910. The highest BCUT2D eigenvalue weighted by atomic mass is 16.5. The van der Waals surface area contributed by atoms with Gasteiger partial charge in [-0.1, -0.05) is 36.4 Å². The summed E-state index contributed by atoms with van der Waals surface area (Å²) < 4.78 is 4.91. The minimum atomic E-state index is 0.631. The van der Waals surface area contributed by atoms with Crippen molar-refractivity contribution in [1.82, 2.24) is 4.98 Å². The molecule has 0 spiro atoms. The lowest BCUT2D eigenvalue weighted by molar-refractivity contribution is 0.112. The number of para-hydroxylation sites is 2. The van der Waals surface area contributed by atoms with Gasteiger partial charge in [0.1, 0.15) is 5.75 Å². The summed E-state index contributed by atoms with van der Waals surface area (Å²) in [6, 6.07) is 19.3. The van der Waals surface area contributed by atoms with Crippen molar-refractivity contribution in [3.8, 4) is 5.75 Å². The summed E-state index contributed by atoms with van der Waals surface area (Å²) >= 11 is 0. The molecule has 1 N–H and O–H groups in total. The lowest BCUT2D eigenvalue weighted by atomic mass is 10.2. The molecule has 3 rings (SSSR count). The van der Waals surface area contributed by atoms with Crippen LogP contribution in [0.2, 0.25) is 0 Å². The Morgan fingerprint density at radius 2 is 1.68 bits per heavy atom. The highest BCUT2D eigenvalue weighted by molar-refractivity contribution is 5.87. The normalized spacial score (nSPS) is 9.53. The lowest BCUT2D eigenvalue weighted by Gasteiger charge is -1.93. The second-order valence-electron chi connectivity index (χ2n) is 3.95. The van der Waals surface area contributed by atoms with Gasteiger partial charge in [0.15, 0.2) is 6.29 Å². The van der Waals surface area contributed by atoms with Crippen molar-refractivity contribution in [1.29, 1.82) is 0 Å². The van der Waals surface area contributed by atoms with Crippen LogP contribution in [0.4, 0.5) is 0 Å². The number of H-pyrrole nitrogens is 1. The Labute approximate surface area is 111 Å². The zero-order chi connectivity index (χ0) is 13.5. The van der Waals surface area contributed by atoms with E-state index in [2.05, 4.69) is 4.98 Å². The number of hydrogen-bond donors (Lipinski definition) is 1. The van der Waals surface area contributed by atoms with Crippen LogP contribution < -0.4 is 4.74 Å². The Bertz CT molecular complexity index is 611. The molecule has 0 bridgehead atoms. The van der Waals surface area contributed by atoms with Crippen molar-refractivity contribution >= 4 is 17.2 Å². The van der Waals surface area contributed by atoms with Gasteiger partial charge in [-0.15, -0.1) is 0 Å². The monoisotopic (exact) mass is 253 g/mol. The number of nitrogens with one attached hydrogen (secondary N) is 1. The van der Waals surface area contributed by atoms with E-state index in [1.807, 2.05) is 60.7 Å². The van der Waals surface area contributed by atoms with Gasteiger partial charge in [-0.05, 0) is 24.3 Å². The summed E-state index contributed by atoms with van der Waals surface area (Å²) in [5.41, 5.74) is 1.64. The Balaban J connectivity index is 0.000000148. The lowest BCUT2D eigenvalue weighted by Crippen LogP contribution is -1.78. The standard InChI is InChI=1S/C9H7NO.C7H8O/c11-6-8-5-7-3-1-2-4-9(7)10-8;1-8-7-5-3-2-4-6-7/h1-6,10H;2-6H,1H3. The quantitative estimate of drug-likeness (QED) is 0.708. The van der Waals surface area contributed by atoms with Crippen LogP contribution in [0.25, 0.3) is 10.9 Å². The van der Waals surface area contributed by atoms with Crippen LogP contribution in [-0.4, -0.2) is 18.4 Å². The van der Waals surface area contributed by atoms with Gasteiger partial charge in [-0.2, -0.15) is 0 Å². The average molecular weight is 253 g/mol. The molecule has 1 heterocycles. The van der Waals surface area contributed by atoms with E-state index in [1.54, 1.807) is 7.11 Å². The fraction of sp³-hybridized carbons (Fsp3) is 0.0625. The van der Waals surface area contributed by atoms with Gasteiger partial charge in [-0.25, -0.2) is 0 Å². The highest BCUT2D eigenvalue weighted by Gasteiger charge is 1.95. The average Bonchev–Trinajstić information content (AvgIpc) is 2.92. The zero-order valence-electron chi connectivity index (χ0n) is 10.7. The van der Waals surface area contributed by atoms with E-state index in [-0.39, 0.29) is 0 Å². The first kappa shape index (κ1) is 12.9. The van der Waals surface area contributed by atoms with Gasteiger partial charge < -0.3 is 9.72 Å². The van der Waals surface area contributed by atoms with E-state index in [1.165, 1.54) is 0 Å². The minimum absolute atomic E-state index is 0.631. The third-order valence-corrected chi connectivity index (χ3v) is 2.66. The molecule has 0 atom stereocenters. The third kappa shape index (κ3) is 3.45. The topological polar surface area (TPSA) is 42.1 Å². The Morgan fingerprint density at radius 3 is 2.26 bits per heavy atom. The molecule has 96 valence electrons. The molecule has 3 aromatic rings. The zero-order valence-corrected chi connectivity index (χ0v) is 10.7. The summed E-state index contributed by atoms with van der Waals surface area (Å²) in [6.07, 6.45) is 0.819. The first-order valence-corrected chi connectivity index (χ1v) is 5.95. The summed E-state index contributed by atoms with van der Waals surface area (Å²) in [4.78, 5) is 13.3. The van der Waals surface area contributed by atoms with Crippen LogP contribution in [-0.2, 0) is 0 Å². The predicted molar refractivity (Wildman–Crippen MR) is 76.7 cm³/mol. The number of aromatic amines is 1. The number of benzene rings is 2. The van der Waals surface area contributed by atoms with Gasteiger partial charge in [-0.3, -0.25) is 4.79 Å². The van der Waals surface area contributed by atoms with E-state index in [0.29, 0.717) is 5.69 Å². The van der Waals surface area contributed by atoms with Crippen LogP contribution in [0.5, 0.6) is 5.75 Å². The van der Waals surface area contributed by atoms with Gasteiger partial charge >= 0.3 is 0 Å². The number of ether oxygens (including phenoxy) is 1. The maximum absolute atomic E-state index is 10.3. The van der Waals surface area contributed by atoms with Crippen molar-refractivity contribution in [2.24, 2.45) is 0 Å². The van der Waals surface area contributed by atoms with Crippen LogP contribution in [0.3, 0.4) is 0 Å². The number of aromatic nitrogens is 1. The van der Waals surface area contributed by atoms with Gasteiger partial charge in [0.05, 0.1) is 12.8 Å². The molecule has 0 fully saturated rings. The molecule has 3 heteroatoms. The maximum atomic E-state index is 10.3. The number of aldehydes is 1. The molecule has 0 saturated heterocycles. The molecule has 0 amide bonds. The largest absolute Gasteiger partial charge is 0.497 e. The molecular weight excluding hydrogens is 238 g/mol. The van der Waals surface area contributed by atoms with Crippen molar-refractivity contribution in [3.05, 3.63) is 66.4 Å². The van der Waals surface area contributed by atoms with E-state index < -0.39 is 0 Å². The molecule has 0 aliphatic carbocycles. The summed E-state index contributed by atoms with van der Waals surface area (Å²) in [5, 5.41) is 1.08. The van der Waals surface area contributed by atoms with Crippen LogP contribution in [0.1, 0.15) is 10.5 Å². The molecule has 0 aliphatic heterocycles. The highest BCUT2D eigenvalue weighted by Crippen LogP contribution is 2.12. The fourth-order valence-corrected chi connectivity index (χ4v) is 1.72. The smallest absolute Gasteiger partial charge is 0.166 e. The van der Waals surface area contributed by atoms with Gasteiger partial charge in [0, 0.05) is 10.9 Å². The molecule has 0 unspecified atom stereocenters. The molecular formula is C16H15NO2. The Kier molecular flexibility index (Phi) is 4.34. The molecule has 1 aromatic heterocycles. The van der Waals surface area contributed by atoms with E-state index in [4.69, 9.17) is 4.74 Å². The van der Waals surface area contributed by atoms with Crippen molar-refractivity contribution in [3.63, 3.8) is 0 Å². The summed E-state index contributed by atoms with van der Waals surface area (Å²) in [6.45, 7) is 0. The van der Waals surface area contributed by atoms with Crippen molar-refractivity contribution in [2.45, 2.75) is 0 Å². The third-order valence-electron chi connectivity index (χ3n) is 2.66. The van der Waals surface area contributed by atoms with Crippen molar-refractivity contribution < 1.29 is 9.53 Å². The molecule has 3 nitrogen and oxygen atoms in total. The first-order valence-electron chi connectivity index (χ1n) is 5.95.